The molecule has 90 valence electrons. The number of hydroxylamine groups is 1. The first-order chi connectivity index (χ1) is 8.24. The second-order valence-electron chi connectivity index (χ2n) is 4.05. The van der Waals surface area contributed by atoms with Crippen LogP contribution in [0.15, 0.2) is 47.3 Å². The summed E-state index contributed by atoms with van der Waals surface area (Å²) in [7, 11) is 1.67. The van der Waals surface area contributed by atoms with Crippen molar-refractivity contribution in [3.8, 4) is 0 Å². The van der Waals surface area contributed by atoms with E-state index in [1.807, 2.05) is 18.2 Å². The smallest absolute Gasteiger partial charge is 0.274 e. The van der Waals surface area contributed by atoms with Crippen LogP contribution in [0, 0.1) is 5.92 Å². The number of hydrogen-bond acceptors (Lipinski definition) is 3. The van der Waals surface area contributed by atoms with Crippen molar-refractivity contribution < 1.29 is 14.7 Å². The Morgan fingerprint density at radius 2 is 2.35 bits per heavy atom. The van der Waals surface area contributed by atoms with Gasteiger partial charge in [-0.1, -0.05) is 18.2 Å². The first-order valence-corrected chi connectivity index (χ1v) is 5.53. The molecule has 17 heavy (non-hydrogen) atoms. The van der Waals surface area contributed by atoms with E-state index in [9.17, 15) is 4.79 Å². The number of rotatable bonds is 2. The van der Waals surface area contributed by atoms with E-state index in [1.54, 1.807) is 24.7 Å². The number of carbonyl (C=O) groups excluding carboxylic acids is 1. The molecule has 4 heteroatoms. The molecule has 0 saturated heterocycles. The summed E-state index contributed by atoms with van der Waals surface area (Å²) in [6.45, 7) is 0. The lowest BCUT2D eigenvalue weighted by molar-refractivity contribution is -0.124. The van der Waals surface area contributed by atoms with Gasteiger partial charge in [0.1, 0.15) is 0 Å². The van der Waals surface area contributed by atoms with Crippen LogP contribution in [0.5, 0.6) is 0 Å². The largest absolute Gasteiger partial charge is 0.501 e. The first-order valence-electron chi connectivity index (χ1n) is 5.53. The summed E-state index contributed by atoms with van der Waals surface area (Å²) in [6.07, 6.45) is 11.2. The number of hydrogen-bond donors (Lipinski definition) is 2. The molecule has 0 bridgehead atoms. The Morgan fingerprint density at radius 1 is 1.53 bits per heavy atom. The Hall–Kier alpha value is -1.81. The van der Waals surface area contributed by atoms with Gasteiger partial charge in [0.15, 0.2) is 0 Å². The van der Waals surface area contributed by atoms with Gasteiger partial charge in [-0.25, -0.2) is 5.48 Å². The van der Waals surface area contributed by atoms with Crippen molar-refractivity contribution in [3.05, 3.63) is 47.3 Å². The quantitative estimate of drug-likeness (QED) is 0.565. The topological polar surface area (TPSA) is 58.6 Å². The normalized spacial score (nSPS) is 22.7. The number of amides is 1. The van der Waals surface area contributed by atoms with E-state index in [0.29, 0.717) is 11.5 Å². The molecule has 0 saturated carbocycles. The van der Waals surface area contributed by atoms with Gasteiger partial charge in [0.2, 0.25) is 0 Å². The van der Waals surface area contributed by atoms with Crippen molar-refractivity contribution in [2.24, 2.45) is 5.92 Å². The predicted octanol–water partition coefficient (Wildman–Crippen LogP) is 1.85. The molecule has 2 aliphatic rings. The minimum atomic E-state index is -0.493. The summed E-state index contributed by atoms with van der Waals surface area (Å²) in [5.74, 6) is 0.784. The standard InChI is InChI=1S/C13H15NO3/c1-17-12-7-6-9-2-3-10(13(15)14-16)4-5-11(9)8-12/h2-5,8-9,16H,6-7H2,1H3,(H,14,15). The fourth-order valence-corrected chi connectivity index (χ4v) is 2.05. The van der Waals surface area contributed by atoms with Crippen molar-refractivity contribution in [1.29, 1.82) is 0 Å². The molecule has 0 heterocycles. The molecule has 0 aromatic heterocycles. The highest BCUT2D eigenvalue weighted by Gasteiger charge is 2.19. The molecule has 2 aliphatic carbocycles. The third-order valence-electron chi connectivity index (χ3n) is 3.05. The summed E-state index contributed by atoms with van der Waals surface area (Å²) in [5, 5.41) is 8.59. The summed E-state index contributed by atoms with van der Waals surface area (Å²) in [5.41, 5.74) is 3.21. The van der Waals surface area contributed by atoms with Gasteiger partial charge in [-0.3, -0.25) is 10.0 Å². The molecule has 1 atom stereocenters. The van der Waals surface area contributed by atoms with Crippen LogP contribution in [0.1, 0.15) is 12.8 Å². The van der Waals surface area contributed by atoms with Crippen LogP contribution in [0.3, 0.4) is 0 Å². The molecule has 0 aromatic rings. The highest BCUT2D eigenvalue weighted by atomic mass is 16.5. The molecule has 4 nitrogen and oxygen atoms in total. The van der Waals surface area contributed by atoms with Crippen LogP contribution >= 0.6 is 0 Å². The highest BCUT2D eigenvalue weighted by molar-refractivity contribution is 5.95. The van der Waals surface area contributed by atoms with Crippen LogP contribution in [0.25, 0.3) is 0 Å². The van der Waals surface area contributed by atoms with Crippen molar-refractivity contribution in [1.82, 2.24) is 5.48 Å². The van der Waals surface area contributed by atoms with Crippen LogP contribution < -0.4 is 5.48 Å². The zero-order chi connectivity index (χ0) is 12.3. The fraction of sp³-hybridized carbons (Fsp3) is 0.308. The molecule has 0 fully saturated rings. The summed E-state index contributed by atoms with van der Waals surface area (Å²) in [6, 6.07) is 0. The van der Waals surface area contributed by atoms with E-state index in [4.69, 9.17) is 9.94 Å². The maximum absolute atomic E-state index is 11.3. The van der Waals surface area contributed by atoms with E-state index in [1.165, 1.54) is 0 Å². The Kier molecular flexibility index (Phi) is 3.44. The summed E-state index contributed by atoms with van der Waals surface area (Å²) >= 11 is 0. The lowest BCUT2D eigenvalue weighted by Gasteiger charge is -2.20. The van der Waals surface area contributed by atoms with Gasteiger partial charge in [-0.2, -0.15) is 0 Å². The molecule has 2 N–H and O–H groups in total. The molecule has 0 aliphatic heterocycles. The van der Waals surface area contributed by atoms with Gasteiger partial charge in [0, 0.05) is 17.9 Å². The van der Waals surface area contributed by atoms with Gasteiger partial charge in [0.25, 0.3) is 5.91 Å². The van der Waals surface area contributed by atoms with Crippen molar-refractivity contribution in [2.75, 3.05) is 7.11 Å². The Labute approximate surface area is 99.9 Å². The Balaban J connectivity index is 2.28. The molecular weight excluding hydrogens is 218 g/mol. The van der Waals surface area contributed by atoms with Gasteiger partial charge in [-0.05, 0) is 24.1 Å². The van der Waals surface area contributed by atoms with Crippen LogP contribution in [0.4, 0.5) is 0 Å². The molecule has 2 rings (SSSR count). The SMILES string of the molecule is COC1=CC2=CC=C(C(=O)NO)C=CC2CC1. The van der Waals surface area contributed by atoms with E-state index < -0.39 is 5.91 Å². The van der Waals surface area contributed by atoms with E-state index >= 15 is 0 Å². The maximum Gasteiger partial charge on any atom is 0.274 e. The van der Waals surface area contributed by atoms with Gasteiger partial charge < -0.3 is 4.74 Å². The summed E-state index contributed by atoms with van der Waals surface area (Å²) in [4.78, 5) is 11.3. The summed E-state index contributed by atoms with van der Waals surface area (Å²) < 4.78 is 5.23. The predicted molar refractivity (Wildman–Crippen MR) is 63.1 cm³/mol. The number of nitrogens with one attached hydrogen (secondary N) is 1. The van der Waals surface area contributed by atoms with Gasteiger partial charge in [0.05, 0.1) is 12.9 Å². The second kappa shape index (κ2) is 5.01. The average Bonchev–Trinajstić information content (AvgIpc) is 2.59. The molecule has 0 aromatic carbocycles. The van der Waals surface area contributed by atoms with Crippen molar-refractivity contribution >= 4 is 5.91 Å². The minimum Gasteiger partial charge on any atom is -0.501 e. The van der Waals surface area contributed by atoms with Crippen molar-refractivity contribution in [3.63, 3.8) is 0 Å². The average molecular weight is 233 g/mol. The minimum absolute atomic E-state index is 0.314. The third kappa shape index (κ3) is 2.47. The Morgan fingerprint density at radius 3 is 3.06 bits per heavy atom. The van der Waals surface area contributed by atoms with E-state index in [-0.39, 0.29) is 0 Å². The highest BCUT2D eigenvalue weighted by Crippen LogP contribution is 2.31. The first kappa shape index (κ1) is 11.7. The Bertz CT molecular complexity index is 444. The number of fused-ring (bicyclic) bond motifs is 1. The maximum atomic E-state index is 11.3. The molecule has 0 spiro atoms. The van der Waals surface area contributed by atoms with E-state index in [0.717, 1.165) is 24.2 Å². The number of methoxy groups -OCH3 is 1. The zero-order valence-corrected chi connectivity index (χ0v) is 9.64. The zero-order valence-electron chi connectivity index (χ0n) is 9.64. The second-order valence-corrected chi connectivity index (χ2v) is 4.05. The lowest BCUT2D eigenvalue weighted by atomic mass is 9.88. The van der Waals surface area contributed by atoms with Crippen LogP contribution in [-0.4, -0.2) is 18.2 Å². The molecular formula is C13H15NO3. The van der Waals surface area contributed by atoms with Gasteiger partial charge in [-0.15, -0.1) is 0 Å². The molecule has 1 unspecified atom stereocenters. The van der Waals surface area contributed by atoms with E-state index in [2.05, 4.69) is 0 Å². The number of ether oxygens (including phenoxy) is 1. The number of allylic oxidation sites excluding steroid dienone is 6. The fourth-order valence-electron chi connectivity index (χ4n) is 2.05. The molecule has 1 amide bonds. The van der Waals surface area contributed by atoms with Crippen LogP contribution in [-0.2, 0) is 9.53 Å². The lowest BCUT2D eigenvalue weighted by Crippen LogP contribution is -2.19. The van der Waals surface area contributed by atoms with Gasteiger partial charge >= 0.3 is 0 Å². The monoisotopic (exact) mass is 233 g/mol. The van der Waals surface area contributed by atoms with Crippen LogP contribution in [0.2, 0.25) is 0 Å². The number of carbonyl (C=O) groups is 1. The molecule has 0 radical (unpaired) electrons. The third-order valence-corrected chi connectivity index (χ3v) is 3.05. The van der Waals surface area contributed by atoms with Crippen molar-refractivity contribution in [2.45, 2.75) is 12.8 Å².